The van der Waals surface area contributed by atoms with E-state index in [2.05, 4.69) is 28.2 Å². The van der Waals surface area contributed by atoms with Gasteiger partial charge >= 0.3 is 0 Å². The third kappa shape index (κ3) is 11.1. The number of aliphatic hydroxyl groups excluding tert-OH is 1. The first-order valence-electron chi connectivity index (χ1n) is 17.9. The molecule has 0 aromatic carbocycles. The van der Waals surface area contributed by atoms with E-state index >= 15 is 0 Å². The summed E-state index contributed by atoms with van der Waals surface area (Å²) in [6, 6.07) is -4.32. The zero-order chi connectivity index (χ0) is 34.7. The van der Waals surface area contributed by atoms with Crippen molar-refractivity contribution in [1.29, 1.82) is 0 Å². The second-order valence-electron chi connectivity index (χ2n) is 13.9. The molecule has 0 unspecified atom stereocenters. The van der Waals surface area contributed by atoms with Crippen LogP contribution in [-0.2, 0) is 28.7 Å². The van der Waals surface area contributed by atoms with E-state index in [1.807, 2.05) is 6.92 Å². The van der Waals surface area contributed by atoms with Gasteiger partial charge in [-0.25, -0.2) is 0 Å². The minimum atomic E-state index is -1.36. The van der Waals surface area contributed by atoms with Gasteiger partial charge < -0.3 is 41.7 Å². The Kier molecular flexibility index (Phi) is 15.4. The molecule has 0 spiro atoms. The van der Waals surface area contributed by atoms with E-state index in [0.29, 0.717) is 31.6 Å². The number of rotatable bonds is 10. The highest BCUT2D eigenvalue weighted by molar-refractivity contribution is 5.96. The summed E-state index contributed by atoms with van der Waals surface area (Å²) in [5.41, 5.74) is 5.92. The van der Waals surface area contributed by atoms with Gasteiger partial charge in [-0.3, -0.25) is 24.0 Å². The Morgan fingerprint density at radius 1 is 0.872 bits per heavy atom. The Bertz CT molecular complexity index is 1060. The number of carbonyl (C=O) groups is 5. The van der Waals surface area contributed by atoms with Gasteiger partial charge in [-0.05, 0) is 57.8 Å². The lowest BCUT2D eigenvalue weighted by Gasteiger charge is -2.37. The van der Waals surface area contributed by atoms with E-state index in [1.165, 1.54) is 11.8 Å². The number of aliphatic hydroxyl groups is 1. The van der Waals surface area contributed by atoms with E-state index < -0.39 is 72.1 Å². The molecule has 13 nitrogen and oxygen atoms in total. The molecule has 3 fully saturated rings. The molecule has 1 saturated heterocycles. The molecule has 0 aromatic rings. The number of nitrogens with zero attached hydrogens (tertiary/aromatic N) is 1. The highest BCUT2D eigenvalue weighted by atomic mass is 16.5. The van der Waals surface area contributed by atoms with Crippen LogP contribution in [0.5, 0.6) is 0 Å². The zero-order valence-electron chi connectivity index (χ0n) is 29.1. The third-order valence-electron chi connectivity index (χ3n) is 9.93. The molecule has 2 aliphatic carbocycles. The highest BCUT2D eigenvalue weighted by Crippen LogP contribution is 2.38. The van der Waals surface area contributed by atoms with Gasteiger partial charge in [0.05, 0.1) is 18.1 Å². The molecular weight excluding hydrogens is 604 g/mol. The molecule has 47 heavy (non-hydrogen) atoms. The standard InChI is InChI=1S/C34H60N6O7/c1-6-8-15-27-24(18-22-16-17-22)34(46)40(5)26(12-7-2)31(43)39-29(23-13-10-9-11-14-23)33(45)37-25(19-35)30(42)38-28(20(3)41)32(44)36-21(4)47-27/h20-29,41H,6-19,35H2,1-5H3,(H,36,44)(H,37,45)(H,38,42)(H,39,43)/t20-,21-,24+,25-,26-,27+,28-,29-/m0/s1. The number of amides is 5. The van der Waals surface area contributed by atoms with E-state index in [-0.39, 0.29) is 18.4 Å². The molecule has 1 heterocycles. The summed E-state index contributed by atoms with van der Waals surface area (Å²) < 4.78 is 6.41. The van der Waals surface area contributed by atoms with Crippen LogP contribution in [0.15, 0.2) is 0 Å². The van der Waals surface area contributed by atoms with Crippen molar-refractivity contribution in [1.82, 2.24) is 26.2 Å². The summed E-state index contributed by atoms with van der Waals surface area (Å²) in [7, 11) is 1.65. The van der Waals surface area contributed by atoms with Gasteiger partial charge in [-0.15, -0.1) is 0 Å². The lowest BCUT2D eigenvalue weighted by molar-refractivity contribution is -0.152. The maximum Gasteiger partial charge on any atom is 0.247 e. The van der Waals surface area contributed by atoms with Gasteiger partial charge in [0.15, 0.2) is 0 Å². The van der Waals surface area contributed by atoms with E-state index in [0.717, 1.165) is 57.8 Å². The first-order valence-corrected chi connectivity index (χ1v) is 17.9. The summed E-state index contributed by atoms with van der Waals surface area (Å²) in [4.78, 5) is 70.5. The quantitative estimate of drug-likeness (QED) is 0.202. The lowest BCUT2D eigenvalue weighted by atomic mass is 9.83. The predicted octanol–water partition coefficient (Wildman–Crippen LogP) is 1.46. The Morgan fingerprint density at radius 2 is 1.55 bits per heavy atom. The van der Waals surface area contributed by atoms with Crippen molar-refractivity contribution >= 4 is 29.5 Å². The molecule has 5 amide bonds. The summed E-state index contributed by atoms with van der Waals surface area (Å²) >= 11 is 0. The third-order valence-corrected chi connectivity index (χ3v) is 9.93. The van der Waals surface area contributed by atoms with Crippen molar-refractivity contribution in [3.8, 4) is 0 Å². The normalized spacial score (nSPS) is 32.0. The average Bonchev–Trinajstić information content (AvgIpc) is 3.87. The van der Waals surface area contributed by atoms with Crippen LogP contribution in [0.2, 0.25) is 0 Å². The molecule has 2 saturated carbocycles. The predicted molar refractivity (Wildman–Crippen MR) is 177 cm³/mol. The van der Waals surface area contributed by atoms with Gasteiger partial charge in [-0.2, -0.15) is 0 Å². The van der Waals surface area contributed by atoms with Crippen molar-refractivity contribution in [2.45, 2.75) is 154 Å². The van der Waals surface area contributed by atoms with E-state index in [1.54, 1.807) is 14.0 Å². The maximum atomic E-state index is 14.4. The number of ether oxygens (including phenoxy) is 1. The molecule has 0 aromatic heterocycles. The molecule has 1 aliphatic heterocycles. The zero-order valence-corrected chi connectivity index (χ0v) is 29.1. The van der Waals surface area contributed by atoms with Crippen LogP contribution in [-0.4, -0.2) is 95.7 Å². The maximum absolute atomic E-state index is 14.4. The minimum Gasteiger partial charge on any atom is -0.391 e. The molecule has 8 atom stereocenters. The molecular formula is C34H60N6O7. The Labute approximate surface area is 280 Å². The number of nitrogens with one attached hydrogen (secondary N) is 4. The SMILES string of the molecule is CCCC[C@H]1O[C@@H](C)NC(=O)[C@H]([C@H](C)O)NC(=O)[C@H](CN)NC(=O)[C@H](C2CCCCC2)NC(=O)[C@H](CCC)N(C)C(=O)[C@@H]1CC1CC1. The van der Waals surface area contributed by atoms with Crippen molar-refractivity contribution in [3.05, 3.63) is 0 Å². The molecule has 0 radical (unpaired) electrons. The fourth-order valence-corrected chi connectivity index (χ4v) is 6.94. The Hall–Kier alpha value is -2.77. The monoisotopic (exact) mass is 664 g/mol. The number of nitrogens with two attached hydrogens (primary N) is 1. The van der Waals surface area contributed by atoms with Crippen LogP contribution in [0, 0.1) is 17.8 Å². The smallest absolute Gasteiger partial charge is 0.247 e. The molecule has 0 bridgehead atoms. The first-order chi connectivity index (χ1) is 22.4. The van der Waals surface area contributed by atoms with Crippen molar-refractivity contribution < 1.29 is 33.8 Å². The molecule has 268 valence electrons. The summed E-state index contributed by atoms with van der Waals surface area (Å²) in [6.45, 7) is 6.77. The average molecular weight is 665 g/mol. The Morgan fingerprint density at radius 3 is 2.13 bits per heavy atom. The molecule has 13 heteroatoms. The summed E-state index contributed by atoms with van der Waals surface area (Å²) in [5.74, 6) is -2.87. The van der Waals surface area contributed by atoms with Gasteiger partial charge in [0.25, 0.3) is 0 Å². The number of unbranched alkanes of at least 4 members (excludes halogenated alkanes) is 1. The summed E-state index contributed by atoms with van der Waals surface area (Å²) in [5, 5.41) is 21.4. The van der Waals surface area contributed by atoms with Crippen LogP contribution in [0.1, 0.15) is 111 Å². The summed E-state index contributed by atoms with van der Waals surface area (Å²) in [6.07, 6.45) is 7.62. The van der Waals surface area contributed by atoms with Gasteiger partial charge in [0.2, 0.25) is 29.5 Å². The van der Waals surface area contributed by atoms with Gasteiger partial charge in [0, 0.05) is 13.6 Å². The van der Waals surface area contributed by atoms with Crippen LogP contribution < -0.4 is 27.0 Å². The van der Waals surface area contributed by atoms with Gasteiger partial charge in [0.1, 0.15) is 30.4 Å². The largest absolute Gasteiger partial charge is 0.391 e. The minimum absolute atomic E-state index is 0.157. The van der Waals surface area contributed by atoms with Crippen molar-refractivity contribution in [2.24, 2.45) is 23.5 Å². The second-order valence-corrected chi connectivity index (χ2v) is 13.9. The topological polar surface area (TPSA) is 192 Å². The molecule has 3 rings (SSSR count). The van der Waals surface area contributed by atoms with Crippen LogP contribution in [0.3, 0.4) is 0 Å². The number of hydrogen-bond acceptors (Lipinski definition) is 8. The lowest BCUT2D eigenvalue weighted by Crippen LogP contribution is -2.63. The van der Waals surface area contributed by atoms with Crippen molar-refractivity contribution in [3.63, 3.8) is 0 Å². The number of hydrogen-bond donors (Lipinski definition) is 6. The highest BCUT2D eigenvalue weighted by Gasteiger charge is 2.42. The molecule has 3 aliphatic rings. The second kappa shape index (κ2) is 18.7. The van der Waals surface area contributed by atoms with Gasteiger partial charge in [-0.1, -0.05) is 65.2 Å². The van der Waals surface area contributed by atoms with Crippen LogP contribution in [0.4, 0.5) is 0 Å². The first kappa shape index (κ1) is 38.7. The van der Waals surface area contributed by atoms with Crippen molar-refractivity contribution in [2.75, 3.05) is 13.6 Å². The number of likely N-dealkylation sites (N-methyl/N-ethyl adjacent to an activating group) is 1. The Balaban J connectivity index is 2.05. The van der Waals surface area contributed by atoms with Crippen LogP contribution in [0.25, 0.3) is 0 Å². The van der Waals surface area contributed by atoms with E-state index in [4.69, 9.17) is 10.5 Å². The van der Waals surface area contributed by atoms with E-state index in [9.17, 15) is 29.1 Å². The fourth-order valence-electron chi connectivity index (χ4n) is 6.94. The molecule has 7 N–H and O–H groups in total. The fraction of sp³-hybridized carbons (Fsp3) is 0.853. The van der Waals surface area contributed by atoms with Crippen LogP contribution >= 0.6 is 0 Å². The number of carbonyl (C=O) groups excluding carboxylic acids is 5.